The van der Waals surface area contributed by atoms with Gasteiger partial charge in [-0.3, -0.25) is 4.79 Å². The number of benzene rings is 1. The van der Waals surface area contributed by atoms with Crippen molar-refractivity contribution < 1.29 is 8.42 Å². The molecule has 1 heterocycles. The van der Waals surface area contributed by atoms with Crippen molar-refractivity contribution in [2.45, 2.75) is 30.7 Å². The number of rotatable bonds is 6. The second-order valence-corrected chi connectivity index (χ2v) is 9.63. The van der Waals surface area contributed by atoms with Gasteiger partial charge in [0.2, 0.25) is 0 Å². The summed E-state index contributed by atoms with van der Waals surface area (Å²) < 4.78 is 26.4. The summed E-state index contributed by atoms with van der Waals surface area (Å²) in [6, 6.07) is 7.64. The molecule has 0 amide bonds. The third-order valence-electron chi connectivity index (χ3n) is 5.14. The Morgan fingerprint density at radius 3 is 2.33 bits per heavy atom. The average Bonchev–Trinajstić information content (AvgIpc) is 3.47. The Kier molecular flexibility index (Phi) is 5.08. The molecule has 0 saturated heterocycles. The first kappa shape index (κ1) is 19.5. The molecule has 146 valence electrons. The maximum absolute atomic E-state index is 12.4. The van der Waals surface area contributed by atoms with Gasteiger partial charge in [0.25, 0.3) is 5.56 Å². The van der Waals surface area contributed by atoms with Gasteiger partial charge in [0, 0.05) is 57.2 Å². The van der Waals surface area contributed by atoms with Crippen LogP contribution < -0.4 is 15.4 Å². The molecule has 0 bridgehead atoms. The highest BCUT2D eigenvalue weighted by atomic mass is 32.2. The van der Waals surface area contributed by atoms with E-state index in [1.807, 2.05) is 33.3 Å². The monoisotopic (exact) mass is 389 g/mol. The standard InChI is InChI=1S/C20H27N3O3S/c1-6-27(25,26)16-9-10-18(23(5)15-7-8-15)17(12-16)14-11-19(21(2)3)20(24)22(4)13-14/h9-13,15H,6-8H2,1-5H3. The van der Waals surface area contributed by atoms with E-state index in [9.17, 15) is 13.2 Å². The summed E-state index contributed by atoms with van der Waals surface area (Å²) in [5.41, 5.74) is 3.13. The van der Waals surface area contributed by atoms with Crippen molar-refractivity contribution in [1.82, 2.24) is 4.57 Å². The predicted octanol–water partition coefficient (Wildman–Crippen LogP) is 2.51. The summed E-state index contributed by atoms with van der Waals surface area (Å²) >= 11 is 0. The molecule has 1 aliphatic carbocycles. The Balaban J connectivity index is 2.26. The summed E-state index contributed by atoms with van der Waals surface area (Å²) in [4.78, 5) is 16.7. The van der Waals surface area contributed by atoms with Crippen LogP contribution in [0.4, 0.5) is 11.4 Å². The van der Waals surface area contributed by atoms with Gasteiger partial charge in [-0.05, 0) is 37.1 Å². The van der Waals surface area contributed by atoms with Crippen molar-refractivity contribution >= 4 is 21.2 Å². The van der Waals surface area contributed by atoms with Gasteiger partial charge in [0.05, 0.1) is 10.6 Å². The minimum Gasteiger partial charge on any atom is -0.373 e. The highest BCUT2D eigenvalue weighted by Gasteiger charge is 2.28. The fraction of sp³-hybridized carbons (Fsp3) is 0.450. The van der Waals surface area contributed by atoms with Crippen LogP contribution in [0.25, 0.3) is 11.1 Å². The third-order valence-corrected chi connectivity index (χ3v) is 6.87. The molecule has 0 aliphatic heterocycles. The maximum Gasteiger partial charge on any atom is 0.273 e. The first-order valence-corrected chi connectivity index (χ1v) is 10.8. The van der Waals surface area contributed by atoms with Crippen LogP contribution in [-0.4, -0.2) is 45.9 Å². The summed E-state index contributed by atoms with van der Waals surface area (Å²) in [6.45, 7) is 1.65. The zero-order valence-corrected chi connectivity index (χ0v) is 17.4. The molecule has 0 radical (unpaired) electrons. The molecule has 1 aliphatic rings. The molecule has 3 rings (SSSR count). The fourth-order valence-corrected chi connectivity index (χ4v) is 4.14. The topological polar surface area (TPSA) is 62.6 Å². The van der Waals surface area contributed by atoms with Gasteiger partial charge in [-0.15, -0.1) is 0 Å². The van der Waals surface area contributed by atoms with Gasteiger partial charge in [-0.2, -0.15) is 0 Å². The second-order valence-electron chi connectivity index (χ2n) is 7.35. The number of hydrogen-bond donors (Lipinski definition) is 0. The van der Waals surface area contributed by atoms with Gasteiger partial charge in [-0.1, -0.05) is 6.92 Å². The summed E-state index contributed by atoms with van der Waals surface area (Å²) in [5.74, 6) is 0.0560. The summed E-state index contributed by atoms with van der Waals surface area (Å²) in [6.07, 6.45) is 4.06. The predicted molar refractivity (Wildman–Crippen MR) is 111 cm³/mol. The Bertz CT molecular complexity index is 1020. The fourth-order valence-electron chi connectivity index (χ4n) is 3.23. The Morgan fingerprint density at radius 1 is 1.11 bits per heavy atom. The van der Waals surface area contributed by atoms with Crippen molar-refractivity contribution in [3.63, 3.8) is 0 Å². The van der Waals surface area contributed by atoms with Crippen LogP contribution in [0.15, 0.2) is 40.2 Å². The van der Waals surface area contributed by atoms with Gasteiger partial charge < -0.3 is 14.4 Å². The van der Waals surface area contributed by atoms with Crippen molar-refractivity contribution in [1.29, 1.82) is 0 Å². The molecule has 0 unspecified atom stereocenters. The minimum atomic E-state index is -3.32. The quantitative estimate of drug-likeness (QED) is 0.760. The molecule has 7 heteroatoms. The molecular formula is C20H27N3O3S. The number of aryl methyl sites for hydroxylation is 1. The van der Waals surface area contributed by atoms with Crippen LogP contribution in [0.1, 0.15) is 19.8 Å². The lowest BCUT2D eigenvalue weighted by Crippen LogP contribution is -2.25. The number of anilines is 2. The van der Waals surface area contributed by atoms with E-state index in [2.05, 4.69) is 4.90 Å². The van der Waals surface area contributed by atoms with Gasteiger partial charge in [0.1, 0.15) is 5.69 Å². The molecular weight excluding hydrogens is 362 g/mol. The van der Waals surface area contributed by atoms with Crippen LogP contribution >= 0.6 is 0 Å². The van der Waals surface area contributed by atoms with E-state index in [1.165, 1.54) is 0 Å². The van der Waals surface area contributed by atoms with E-state index in [0.29, 0.717) is 16.6 Å². The van der Waals surface area contributed by atoms with E-state index in [0.717, 1.165) is 29.7 Å². The van der Waals surface area contributed by atoms with Crippen LogP contribution in [0.3, 0.4) is 0 Å². The Morgan fingerprint density at radius 2 is 1.78 bits per heavy atom. The number of aromatic nitrogens is 1. The van der Waals surface area contributed by atoms with Gasteiger partial charge >= 0.3 is 0 Å². The Hall–Kier alpha value is -2.28. The lowest BCUT2D eigenvalue weighted by Gasteiger charge is -2.24. The van der Waals surface area contributed by atoms with E-state index >= 15 is 0 Å². The highest BCUT2D eigenvalue weighted by molar-refractivity contribution is 7.91. The lowest BCUT2D eigenvalue weighted by molar-refractivity contribution is 0.597. The van der Waals surface area contributed by atoms with Crippen molar-refractivity contribution in [2.24, 2.45) is 7.05 Å². The molecule has 2 aromatic rings. The molecule has 1 aromatic heterocycles. The number of pyridine rings is 1. The van der Waals surface area contributed by atoms with Crippen LogP contribution in [0.2, 0.25) is 0 Å². The SMILES string of the molecule is CCS(=O)(=O)c1ccc(N(C)C2CC2)c(-c2cc(N(C)C)c(=O)n(C)c2)c1. The minimum absolute atomic E-state index is 0.0560. The zero-order chi connectivity index (χ0) is 19.9. The lowest BCUT2D eigenvalue weighted by atomic mass is 10.0. The normalized spacial score (nSPS) is 14.3. The highest BCUT2D eigenvalue weighted by Crippen LogP contribution is 2.38. The van der Waals surface area contributed by atoms with Crippen LogP contribution in [0.5, 0.6) is 0 Å². The summed E-state index contributed by atoms with van der Waals surface area (Å²) in [7, 11) is 4.10. The number of nitrogens with zero attached hydrogens (tertiary/aromatic N) is 3. The van der Waals surface area contributed by atoms with Crippen molar-refractivity contribution in [3.8, 4) is 11.1 Å². The van der Waals surface area contributed by atoms with E-state index in [4.69, 9.17) is 0 Å². The molecule has 0 atom stereocenters. The van der Waals surface area contributed by atoms with E-state index < -0.39 is 9.84 Å². The average molecular weight is 390 g/mol. The molecule has 0 N–H and O–H groups in total. The molecule has 1 fully saturated rings. The van der Waals surface area contributed by atoms with Crippen molar-refractivity contribution in [2.75, 3.05) is 36.7 Å². The third kappa shape index (κ3) is 3.74. The molecule has 6 nitrogen and oxygen atoms in total. The smallest absolute Gasteiger partial charge is 0.273 e. The van der Waals surface area contributed by atoms with E-state index in [-0.39, 0.29) is 11.3 Å². The van der Waals surface area contributed by atoms with Gasteiger partial charge in [-0.25, -0.2) is 8.42 Å². The van der Waals surface area contributed by atoms with E-state index in [1.54, 1.807) is 41.8 Å². The number of sulfone groups is 1. The van der Waals surface area contributed by atoms with Gasteiger partial charge in [0.15, 0.2) is 9.84 Å². The van der Waals surface area contributed by atoms with Crippen molar-refractivity contribution in [3.05, 3.63) is 40.8 Å². The largest absolute Gasteiger partial charge is 0.373 e. The van der Waals surface area contributed by atoms with Crippen LogP contribution in [-0.2, 0) is 16.9 Å². The number of hydrogen-bond acceptors (Lipinski definition) is 5. The molecule has 27 heavy (non-hydrogen) atoms. The Labute approximate surface area is 161 Å². The maximum atomic E-state index is 12.4. The first-order valence-electron chi connectivity index (χ1n) is 9.13. The van der Waals surface area contributed by atoms with Crippen LogP contribution in [0, 0.1) is 0 Å². The second kappa shape index (κ2) is 7.03. The molecule has 1 aromatic carbocycles. The molecule has 0 spiro atoms. The summed E-state index contributed by atoms with van der Waals surface area (Å²) in [5, 5.41) is 0. The zero-order valence-electron chi connectivity index (χ0n) is 16.6. The first-order chi connectivity index (χ1) is 12.7. The molecule has 1 saturated carbocycles.